The molecule has 0 radical (unpaired) electrons. The minimum Gasteiger partial charge on any atom is -0.496 e. The minimum atomic E-state index is 0.611. The molecule has 112 valence electrons. The Kier molecular flexibility index (Phi) is 3.20. The van der Waals surface area contributed by atoms with Crippen LogP contribution in [0.4, 0.5) is 0 Å². The van der Waals surface area contributed by atoms with Crippen LogP contribution in [0.1, 0.15) is 0 Å². The van der Waals surface area contributed by atoms with E-state index >= 15 is 0 Å². The maximum Gasteiger partial charge on any atom is 0.171 e. The number of hydrogen-bond donors (Lipinski definition) is 0. The van der Waals surface area contributed by atoms with E-state index in [1.165, 1.54) is 0 Å². The normalized spacial score (nSPS) is 10.8. The Morgan fingerprint density at radius 1 is 0.913 bits per heavy atom. The number of pyridine rings is 1. The second-order valence-corrected chi connectivity index (χ2v) is 4.95. The summed E-state index contributed by atoms with van der Waals surface area (Å²) in [6, 6.07) is 13.4. The van der Waals surface area contributed by atoms with Gasteiger partial charge in [0.1, 0.15) is 5.75 Å². The molecule has 3 aromatic heterocycles. The summed E-state index contributed by atoms with van der Waals surface area (Å²) >= 11 is 0. The van der Waals surface area contributed by atoms with Crippen LogP contribution >= 0.6 is 0 Å². The molecule has 0 aliphatic rings. The van der Waals surface area contributed by atoms with Crippen LogP contribution in [0, 0.1) is 0 Å². The molecule has 0 unspecified atom stereocenters. The molecule has 3 heterocycles. The van der Waals surface area contributed by atoms with Gasteiger partial charge in [0.15, 0.2) is 17.3 Å². The summed E-state index contributed by atoms with van der Waals surface area (Å²) < 4.78 is 7.26. The third kappa shape index (κ3) is 2.30. The van der Waals surface area contributed by atoms with E-state index in [-0.39, 0.29) is 0 Å². The summed E-state index contributed by atoms with van der Waals surface area (Å²) in [6.45, 7) is 0. The molecule has 0 spiro atoms. The fourth-order valence-corrected chi connectivity index (χ4v) is 2.45. The lowest BCUT2D eigenvalue weighted by Crippen LogP contribution is -1.95. The maximum atomic E-state index is 5.35. The highest BCUT2D eigenvalue weighted by atomic mass is 16.5. The van der Waals surface area contributed by atoms with Crippen molar-refractivity contribution in [2.24, 2.45) is 0 Å². The Balaban J connectivity index is 1.76. The van der Waals surface area contributed by atoms with E-state index < -0.39 is 0 Å². The molecule has 0 aliphatic heterocycles. The van der Waals surface area contributed by atoms with Crippen molar-refractivity contribution in [1.82, 2.24) is 24.6 Å². The van der Waals surface area contributed by atoms with Crippen molar-refractivity contribution < 1.29 is 4.74 Å². The number of rotatable bonds is 3. The van der Waals surface area contributed by atoms with Crippen molar-refractivity contribution in [3.8, 4) is 28.5 Å². The summed E-state index contributed by atoms with van der Waals surface area (Å²) in [5.41, 5.74) is 2.45. The van der Waals surface area contributed by atoms with Crippen LogP contribution in [0.5, 0.6) is 5.75 Å². The van der Waals surface area contributed by atoms with Crippen molar-refractivity contribution in [2.45, 2.75) is 0 Å². The zero-order valence-electron chi connectivity index (χ0n) is 12.4. The number of methoxy groups -OCH3 is 1. The molecule has 0 bridgehead atoms. The first-order chi connectivity index (χ1) is 11.4. The monoisotopic (exact) mass is 303 g/mol. The fraction of sp³-hybridized carbons (Fsp3) is 0.0588. The van der Waals surface area contributed by atoms with Gasteiger partial charge in [-0.05, 0) is 24.3 Å². The minimum absolute atomic E-state index is 0.611. The Labute approximate surface area is 132 Å². The highest BCUT2D eigenvalue weighted by molar-refractivity contribution is 5.65. The van der Waals surface area contributed by atoms with Crippen molar-refractivity contribution in [3.05, 3.63) is 61.1 Å². The summed E-state index contributed by atoms with van der Waals surface area (Å²) in [7, 11) is 1.63. The van der Waals surface area contributed by atoms with Crippen LogP contribution in [0.15, 0.2) is 61.1 Å². The number of aromatic nitrogens is 5. The van der Waals surface area contributed by atoms with Gasteiger partial charge in [0, 0.05) is 18.6 Å². The zero-order chi connectivity index (χ0) is 15.6. The Hall–Kier alpha value is -3.28. The van der Waals surface area contributed by atoms with Crippen molar-refractivity contribution in [1.29, 1.82) is 0 Å². The topological polar surface area (TPSA) is 65.2 Å². The van der Waals surface area contributed by atoms with E-state index in [9.17, 15) is 0 Å². The molecule has 0 saturated carbocycles. The van der Waals surface area contributed by atoms with E-state index in [1.54, 1.807) is 19.5 Å². The van der Waals surface area contributed by atoms with Crippen LogP contribution in [0.2, 0.25) is 0 Å². The third-order valence-corrected chi connectivity index (χ3v) is 3.57. The summed E-state index contributed by atoms with van der Waals surface area (Å²) in [5.74, 6) is 2.07. The lowest BCUT2D eigenvalue weighted by atomic mass is 10.2. The lowest BCUT2D eigenvalue weighted by Gasteiger charge is -2.07. The van der Waals surface area contributed by atoms with Gasteiger partial charge in [-0.15, -0.1) is 10.2 Å². The van der Waals surface area contributed by atoms with E-state index in [4.69, 9.17) is 4.74 Å². The van der Waals surface area contributed by atoms with E-state index in [1.807, 2.05) is 53.1 Å². The Morgan fingerprint density at radius 3 is 2.52 bits per heavy atom. The van der Waals surface area contributed by atoms with Crippen LogP contribution in [0.3, 0.4) is 0 Å². The summed E-state index contributed by atoms with van der Waals surface area (Å²) in [4.78, 5) is 8.90. The average Bonchev–Trinajstić information content (AvgIpc) is 3.06. The van der Waals surface area contributed by atoms with Gasteiger partial charge in [0.2, 0.25) is 0 Å². The molecule has 4 rings (SSSR count). The molecule has 6 nitrogen and oxygen atoms in total. The number of fused-ring (bicyclic) bond motifs is 1. The van der Waals surface area contributed by atoms with Gasteiger partial charge in [0.25, 0.3) is 0 Å². The molecular weight excluding hydrogens is 290 g/mol. The molecule has 0 amide bonds. The van der Waals surface area contributed by atoms with E-state index in [0.717, 1.165) is 22.5 Å². The smallest absolute Gasteiger partial charge is 0.171 e. The quantitative estimate of drug-likeness (QED) is 0.582. The van der Waals surface area contributed by atoms with Crippen LogP contribution in [-0.4, -0.2) is 31.7 Å². The zero-order valence-corrected chi connectivity index (χ0v) is 12.4. The number of ether oxygens (including phenoxy) is 1. The van der Waals surface area contributed by atoms with Gasteiger partial charge in [0.05, 0.1) is 18.2 Å². The van der Waals surface area contributed by atoms with Crippen molar-refractivity contribution in [2.75, 3.05) is 7.11 Å². The predicted octanol–water partition coefficient (Wildman–Crippen LogP) is 2.86. The Morgan fingerprint density at radius 2 is 1.70 bits per heavy atom. The SMILES string of the molecule is COc1ccccc1-c1ncc(-c2nnc3ccccn23)cn1. The first-order valence-corrected chi connectivity index (χ1v) is 7.12. The summed E-state index contributed by atoms with van der Waals surface area (Å²) in [6.07, 6.45) is 5.41. The molecule has 0 fully saturated rings. The van der Waals surface area contributed by atoms with Crippen molar-refractivity contribution in [3.63, 3.8) is 0 Å². The van der Waals surface area contributed by atoms with Crippen LogP contribution in [-0.2, 0) is 0 Å². The molecular formula is C17H13N5O. The van der Waals surface area contributed by atoms with E-state index in [0.29, 0.717) is 11.6 Å². The first kappa shape index (κ1) is 13.4. The number of hydrogen-bond acceptors (Lipinski definition) is 5. The number of benzene rings is 1. The fourth-order valence-electron chi connectivity index (χ4n) is 2.45. The van der Waals surface area contributed by atoms with Crippen molar-refractivity contribution >= 4 is 5.65 Å². The van der Waals surface area contributed by atoms with Gasteiger partial charge in [-0.3, -0.25) is 4.40 Å². The largest absolute Gasteiger partial charge is 0.496 e. The second-order valence-electron chi connectivity index (χ2n) is 4.95. The molecule has 1 aromatic carbocycles. The first-order valence-electron chi connectivity index (χ1n) is 7.12. The standard InChI is InChI=1S/C17H13N5O/c1-23-14-7-3-2-6-13(14)16-18-10-12(11-19-16)17-21-20-15-8-4-5-9-22(15)17/h2-11H,1H3. The molecule has 6 heteroatoms. The maximum absolute atomic E-state index is 5.35. The van der Waals surface area contributed by atoms with E-state index in [2.05, 4.69) is 20.2 Å². The summed E-state index contributed by atoms with van der Waals surface area (Å²) in [5, 5.41) is 8.35. The molecule has 0 N–H and O–H groups in total. The number of para-hydroxylation sites is 1. The molecule has 4 aromatic rings. The van der Waals surface area contributed by atoms with Gasteiger partial charge in [-0.2, -0.15) is 0 Å². The van der Waals surface area contributed by atoms with Crippen LogP contribution in [0.25, 0.3) is 28.4 Å². The predicted molar refractivity (Wildman–Crippen MR) is 86.0 cm³/mol. The molecule has 23 heavy (non-hydrogen) atoms. The highest BCUT2D eigenvalue weighted by Gasteiger charge is 2.11. The molecule has 0 aliphatic carbocycles. The Bertz CT molecular complexity index is 962. The molecule has 0 saturated heterocycles. The second kappa shape index (κ2) is 5.49. The van der Waals surface area contributed by atoms with Gasteiger partial charge in [-0.25, -0.2) is 9.97 Å². The van der Waals surface area contributed by atoms with Gasteiger partial charge in [-0.1, -0.05) is 18.2 Å². The molecule has 0 atom stereocenters. The average molecular weight is 303 g/mol. The number of nitrogens with zero attached hydrogens (tertiary/aromatic N) is 5. The third-order valence-electron chi connectivity index (χ3n) is 3.57. The van der Waals surface area contributed by atoms with Gasteiger partial charge < -0.3 is 4.74 Å². The van der Waals surface area contributed by atoms with Crippen LogP contribution < -0.4 is 4.74 Å². The lowest BCUT2D eigenvalue weighted by molar-refractivity contribution is 0.416. The highest BCUT2D eigenvalue weighted by Crippen LogP contribution is 2.27. The van der Waals surface area contributed by atoms with Gasteiger partial charge >= 0.3 is 0 Å².